The summed E-state index contributed by atoms with van der Waals surface area (Å²) in [4.78, 5) is 24.8. The van der Waals surface area contributed by atoms with Gasteiger partial charge in [0.25, 0.3) is 5.91 Å². The number of aliphatic imine (C=N–C) groups is 1. The molecule has 7 nitrogen and oxygen atoms in total. The molecule has 164 valence electrons. The van der Waals surface area contributed by atoms with Crippen molar-refractivity contribution in [3.63, 3.8) is 0 Å². The number of rotatable bonds is 4. The van der Waals surface area contributed by atoms with E-state index in [0.717, 1.165) is 0 Å². The minimum absolute atomic E-state index is 0.0318. The minimum Gasteiger partial charge on any atom is -0.480 e. The number of halogens is 3. The molecular weight excluding hydrogens is 431 g/mol. The van der Waals surface area contributed by atoms with Crippen LogP contribution in [-0.2, 0) is 5.54 Å². The van der Waals surface area contributed by atoms with Gasteiger partial charge in [0.1, 0.15) is 11.5 Å². The van der Waals surface area contributed by atoms with Crippen LogP contribution in [-0.4, -0.2) is 39.8 Å². The number of carbonyl (C=O) groups excluding carboxylic acids is 1. The number of methoxy groups -OCH3 is 1. The zero-order chi connectivity index (χ0) is 22.4. The van der Waals surface area contributed by atoms with Crippen LogP contribution in [0.4, 0.5) is 18.9 Å². The Hall–Kier alpha value is -2.82. The summed E-state index contributed by atoms with van der Waals surface area (Å²) in [7, 11) is 1.42. The van der Waals surface area contributed by atoms with E-state index in [1.54, 1.807) is 6.92 Å². The first-order valence-corrected chi connectivity index (χ1v) is 10.4. The van der Waals surface area contributed by atoms with Gasteiger partial charge in [-0.3, -0.25) is 9.79 Å². The Kier molecular flexibility index (Phi) is 5.11. The van der Waals surface area contributed by atoms with Crippen molar-refractivity contribution in [1.82, 2.24) is 9.97 Å². The number of hydrogen-bond acceptors (Lipinski definition) is 7. The maximum Gasteiger partial charge on any atom is 0.275 e. The molecule has 1 aliphatic heterocycles. The van der Waals surface area contributed by atoms with Gasteiger partial charge in [0.15, 0.2) is 5.17 Å². The summed E-state index contributed by atoms with van der Waals surface area (Å²) < 4.78 is 47.5. The lowest BCUT2D eigenvalue weighted by molar-refractivity contribution is -0.178. The molecule has 4 rings (SSSR count). The molecular formula is C20H20F3N5O2S. The zero-order valence-electron chi connectivity index (χ0n) is 16.8. The van der Waals surface area contributed by atoms with Crippen LogP contribution in [0.3, 0.4) is 0 Å². The van der Waals surface area contributed by atoms with Gasteiger partial charge in [-0.1, -0.05) is 11.8 Å². The van der Waals surface area contributed by atoms with Crippen LogP contribution in [0.5, 0.6) is 5.88 Å². The summed E-state index contributed by atoms with van der Waals surface area (Å²) in [5.41, 5.74) is 4.06. The average molecular weight is 451 g/mol. The van der Waals surface area contributed by atoms with Crippen molar-refractivity contribution in [2.45, 2.75) is 31.2 Å². The number of hydrogen-bond donors (Lipinski definition) is 2. The van der Waals surface area contributed by atoms with Gasteiger partial charge >= 0.3 is 0 Å². The number of ether oxygens (including phenoxy) is 1. The summed E-state index contributed by atoms with van der Waals surface area (Å²) in [6.45, 7) is 1.62. The number of aromatic nitrogens is 2. The lowest BCUT2D eigenvalue weighted by atomic mass is 9.55. The molecule has 0 radical (unpaired) electrons. The first-order chi connectivity index (χ1) is 14.6. The molecule has 0 bridgehead atoms. The highest BCUT2D eigenvalue weighted by atomic mass is 32.2. The van der Waals surface area contributed by atoms with Crippen LogP contribution < -0.4 is 15.8 Å². The normalized spacial score (nSPS) is 23.6. The fourth-order valence-corrected chi connectivity index (χ4v) is 5.32. The third-order valence-electron chi connectivity index (χ3n) is 5.88. The number of amides is 1. The SMILES string of the molecule is COc1cnc(C(=O)Nc2ccc(F)c([C@@]3(C)N=C(N)SCC34CC(F)(F)C4)c2)cn1. The Morgan fingerprint density at radius 3 is 2.61 bits per heavy atom. The lowest BCUT2D eigenvalue weighted by Crippen LogP contribution is -2.60. The molecule has 3 N–H and O–H groups in total. The fourth-order valence-electron chi connectivity index (χ4n) is 4.16. The molecule has 0 unspecified atom stereocenters. The molecule has 2 heterocycles. The number of carbonyl (C=O) groups is 1. The van der Waals surface area contributed by atoms with Gasteiger partial charge in [-0.2, -0.15) is 0 Å². The monoisotopic (exact) mass is 451 g/mol. The third-order valence-corrected chi connectivity index (χ3v) is 6.96. The van der Waals surface area contributed by atoms with Crippen molar-refractivity contribution in [2.24, 2.45) is 16.1 Å². The van der Waals surface area contributed by atoms with E-state index >= 15 is 0 Å². The third kappa shape index (κ3) is 3.71. The molecule has 2 aliphatic rings. The smallest absolute Gasteiger partial charge is 0.275 e. The number of nitrogens with zero attached hydrogens (tertiary/aromatic N) is 3. The van der Waals surface area contributed by atoms with E-state index in [0.29, 0.717) is 5.75 Å². The highest BCUT2D eigenvalue weighted by molar-refractivity contribution is 8.13. The zero-order valence-corrected chi connectivity index (χ0v) is 17.6. The Balaban J connectivity index is 1.66. The Labute approximate surface area is 180 Å². The average Bonchev–Trinajstić information content (AvgIpc) is 2.71. The molecule has 11 heteroatoms. The number of anilines is 1. The number of alkyl halides is 2. The summed E-state index contributed by atoms with van der Waals surface area (Å²) in [5, 5.41) is 2.84. The van der Waals surface area contributed by atoms with Crippen LogP contribution in [0.1, 0.15) is 35.8 Å². The van der Waals surface area contributed by atoms with Crippen LogP contribution in [0.25, 0.3) is 0 Å². The van der Waals surface area contributed by atoms with E-state index in [1.165, 1.54) is 49.5 Å². The number of nitrogens with two attached hydrogens (primary N) is 1. The molecule has 1 aliphatic carbocycles. The van der Waals surface area contributed by atoms with E-state index in [2.05, 4.69) is 20.3 Å². The van der Waals surface area contributed by atoms with E-state index in [9.17, 15) is 18.0 Å². The topological polar surface area (TPSA) is 102 Å². The first-order valence-electron chi connectivity index (χ1n) is 9.41. The molecule has 1 amide bonds. The van der Waals surface area contributed by atoms with Gasteiger partial charge in [0, 0.05) is 35.3 Å². The molecule has 31 heavy (non-hydrogen) atoms. The van der Waals surface area contributed by atoms with Gasteiger partial charge < -0.3 is 15.8 Å². The summed E-state index contributed by atoms with van der Waals surface area (Å²) in [6.07, 6.45) is 1.73. The molecule has 0 saturated heterocycles. The summed E-state index contributed by atoms with van der Waals surface area (Å²) in [6, 6.07) is 3.97. The number of thioether (sulfide) groups is 1. The number of nitrogens with one attached hydrogen (secondary N) is 1. The number of amidine groups is 1. The van der Waals surface area contributed by atoms with Gasteiger partial charge in [-0.25, -0.2) is 23.1 Å². The minimum atomic E-state index is -2.82. The first kappa shape index (κ1) is 21.4. The predicted octanol–water partition coefficient (Wildman–Crippen LogP) is 3.57. The Bertz CT molecular complexity index is 1060. The molecule has 2 aromatic rings. The molecule has 1 fully saturated rings. The quantitative estimate of drug-likeness (QED) is 0.737. The van der Waals surface area contributed by atoms with Gasteiger partial charge in [0.05, 0.1) is 25.0 Å². The standard InChI is InChI=1S/C20H20F3N5O2S/c1-18(19(8-20(22,23)9-19)10-31-17(24)28-18)12-5-11(3-4-13(12)21)27-16(29)14-6-26-15(30-2)7-25-14/h3-7H,8-10H2,1-2H3,(H2,24,28)(H,27,29)/t18-/m1/s1. The molecule has 1 saturated carbocycles. The van der Waals surface area contributed by atoms with E-state index in [4.69, 9.17) is 10.5 Å². The molecule has 1 spiro atoms. The molecule has 1 aromatic heterocycles. The second-order valence-electron chi connectivity index (χ2n) is 7.89. The van der Waals surface area contributed by atoms with Crippen LogP contribution >= 0.6 is 11.8 Å². The van der Waals surface area contributed by atoms with Crippen molar-refractivity contribution in [2.75, 3.05) is 18.2 Å². The highest BCUT2D eigenvalue weighted by Gasteiger charge is 2.66. The van der Waals surface area contributed by atoms with Crippen molar-refractivity contribution < 1.29 is 22.7 Å². The van der Waals surface area contributed by atoms with E-state index in [1.807, 2.05) is 0 Å². The van der Waals surface area contributed by atoms with Crippen LogP contribution in [0.2, 0.25) is 0 Å². The van der Waals surface area contributed by atoms with Crippen molar-refractivity contribution >= 4 is 28.5 Å². The van der Waals surface area contributed by atoms with E-state index in [-0.39, 0.29) is 28.0 Å². The predicted molar refractivity (Wildman–Crippen MR) is 111 cm³/mol. The fraction of sp³-hybridized carbons (Fsp3) is 0.400. The second kappa shape index (κ2) is 7.40. The second-order valence-corrected chi connectivity index (χ2v) is 8.89. The summed E-state index contributed by atoms with van der Waals surface area (Å²) >= 11 is 1.20. The van der Waals surface area contributed by atoms with Crippen molar-refractivity contribution in [1.29, 1.82) is 0 Å². The lowest BCUT2D eigenvalue weighted by Gasteiger charge is -2.57. The number of benzene rings is 1. The van der Waals surface area contributed by atoms with Crippen LogP contribution in [0, 0.1) is 11.2 Å². The van der Waals surface area contributed by atoms with Crippen molar-refractivity contribution in [3.8, 4) is 5.88 Å². The van der Waals surface area contributed by atoms with Gasteiger partial charge in [0.2, 0.25) is 11.8 Å². The Morgan fingerprint density at radius 1 is 1.26 bits per heavy atom. The molecule has 1 atom stereocenters. The van der Waals surface area contributed by atoms with E-state index < -0.39 is 41.4 Å². The Morgan fingerprint density at radius 2 is 2.00 bits per heavy atom. The molecule has 1 aromatic carbocycles. The van der Waals surface area contributed by atoms with Gasteiger partial charge in [-0.15, -0.1) is 0 Å². The maximum absolute atomic E-state index is 14.9. The summed E-state index contributed by atoms with van der Waals surface area (Å²) in [5.74, 6) is -3.43. The maximum atomic E-state index is 14.9. The largest absolute Gasteiger partial charge is 0.480 e. The highest BCUT2D eigenvalue weighted by Crippen LogP contribution is 2.65. The van der Waals surface area contributed by atoms with Crippen LogP contribution in [0.15, 0.2) is 35.6 Å². The van der Waals surface area contributed by atoms with Gasteiger partial charge in [-0.05, 0) is 25.1 Å². The van der Waals surface area contributed by atoms with Crippen molar-refractivity contribution in [3.05, 3.63) is 47.7 Å².